The van der Waals surface area contributed by atoms with Crippen molar-refractivity contribution < 1.29 is 4.79 Å². The van der Waals surface area contributed by atoms with Gasteiger partial charge >= 0.3 is 0 Å². The lowest BCUT2D eigenvalue weighted by atomic mass is 10.1. The van der Waals surface area contributed by atoms with Crippen molar-refractivity contribution in [3.63, 3.8) is 0 Å². The molecule has 3 rings (SSSR count). The van der Waals surface area contributed by atoms with Crippen LogP contribution in [0.5, 0.6) is 0 Å². The van der Waals surface area contributed by atoms with E-state index in [0.717, 1.165) is 29.4 Å². The quantitative estimate of drug-likeness (QED) is 0.677. The molecule has 0 radical (unpaired) electrons. The monoisotopic (exact) mass is 351 g/mol. The maximum atomic E-state index is 11.8. The molecule has 122 valence electrons. The molecule has 1 saturated heterocycles. The van der Waals surface area contributed by atoms with Crippen LogP contribution >= 0.6 is 24.0 Å². The van der Waals surface area contributed by atoms with Crippen molar-refractivity contribution in [2.75, 3.05) is 19.6 Å². The summed E-state index contributed by atoms with van der Waals surface area (Å²) in [5.41, 5.74) is 3.53. The molecule has 0 saturated carbocycles. The largest absolute Gasteiger partial charge is 0.294 e. The fourth-order valence-electron chi connectivity index (χ4n) is 2.75. The minimum absolute atomic E-state index is 0. The zero-order valence-electron chi connectivity index (χ0n) is 12.7. The van der Waals surface area contributed by atoms with Crippen LogP contribution in [-0.4, -0.2) is 36.7 Å². The van der Waals surface area contributed by atoms with E-state index in [9.17, 15) is 4.79 Å². The van der Waals surface area contributed by atoms with Gasteiger partial charge in [0.25, 0.3) is 5.91 Å². The number of hydrogen-bond donors (Lipinski definition) is 1. The third kappa shape index (κ3) is 4.44. The Balaban J connectivity index is 0.00000192. The molecule has 0 aromatic heterocycles. The highest BCUT2D eigenvalue weighted by Gasteiger charge is 2.14. The van der Waals surface area contributed by atoms with Crippen LogP contribution in [0.2, 0.25) is 5.02 Å². The Hall–Kier alpha value is -1.62. The zero-order chi connectivity index (χ0) is 15.4. The number of nitrogens with zero attached hydrogens (tertiary/aromatic N) is 2. The van der Waals surface area contributed by atoms with E-state index in [1.54, 1.807) is 6.21 Å². The molecule has 1 N–H and O–H groups in total. The van der Waals surface area contributed by atoms with Crippen molar-refractivity contribution in [3.05, 3.63) is 47.0 Å². The Morgan fingerprint density at radius 2 is 1.87 bits per heavy atom. The summed E-state index contributed by atoms with van der Waals surface area (Å²) in [6.07, 6.45) is 4.02. The number of halogens is 2. The predicted molar refractivity (Wildman–Crippen MR) is 97.6 cm³/mol. The number of benzene rings is 2. The van der Waals surface area contributed by atoms with E-state index in [2.05, 4.69) is 15.4 Å². The standard InChI is InChI=1S/C17H18ClN3O.ClH/c18-16-8-7-13(14-5-1-2-6-15(14)16)11-19-20-17(22)12-21-9-3-4-10-21;/h1-2,5-8,11H,3-4,9-10,12H2,(H,20,22);1H/b19-11+;. The minimum atomic E-state index is -0.0728. The number of carbonyl (C=O) groups is 1. The Kier molecular flexibility index (Phi) is 6.39. The predicted octanol–water partition coefficient (Wildman–Crippen LogP) is 3.46. The van der Waals surface area contributed by atoms with Gasteiger partial charge in [-0.25, -0.2) is 5.43 Å². The number of nitrogens with one attached hydrogen (secondary N) is 1. The molecule has 23 heavy (non-hydrogen) atoms. The molecule has 1 heterocycles. The third-order valence-corrected chi connectivity index (χ3v) is 4.19. The van der Waals surface area contributed by atoms with Gasteiger partial charge in [-0.15, -0.1) is 12.4 Å². The molecule has 1 aliphatic rings. The molecule has 2 aromatic carbocycles. The van der Waals surface area contributed by atoms with Crippen molar-refractivity contribution in [1.29, 1.82) is 0 Å². The maximum absolute atomic E-state index is 11.8. The van der Waals surface area contributed by atoms with Gasteiger partial charge < -0.3 is 0 Å². The fraction of sp³-hybridized carbons (Fsp3) is 0.294. The van der Waals surface area contributed by atoms with Crippen LogP contribution in [0.25, 0.3) is 10.8 Å². The summed E-state index contributed by atoms with van der Waals surface area (Å²) in [5, 5.41) is 6.79. The lowest BCUT2D eigenvalue weighted by Crippen LogP contribution is -2.33. The van der Waals surface area contributed by atoms with Gasteiger partial charge in [0.15, 0.2) is 0 Å². The number of rotatable bonds is 4. The SMILES string of the molecule is Cl.O=C(CN1CCCC1)N/N=C/c1ccc(Cl)c2ccccc12. The first-order valence-electron chi connectivity index (χ1n) is 7.45. The van der Waals surface area contributed by atoms with Crippen molar-refractivity contribution in [3.8, 4) is 0 Å². The van der Waals surface area contributed by atoms with Crippen LogP contribution in [0, 0.1) is 0 Å². The highest BCUT2D eigenvalue weighted by atomic mass is 35.5. The van der Waals surface area contributed by atoms with Gasteiger partial charge in [0, 0.05) is 16.0 Å². The topological polar surface area (TPSA) is 44.7 Å². The molecule has 4 nitrogen and oxygen atoms in total. The van der Waals surface area contributed by atoms with Gasteiger partial charge in [0.2, 0.25) is 0 Å². The summed E-state index contributed by atoms with van der Waals surface area (Å²) in [4.78, 5) is 14.0. The summed E-state index contributed by atoms with van der Waals surface area (Å²) in [7, 11) is 0. The average molecular weight is 352 g/mol. The maximum Gasteiger partial charge on any atom is 0.254 e. The van der Waals surface area contributed by atoms with Gasteiger partial charge in [-0.1, -0.05) is 41.9 Å². The van der Waals surface area contributed by atoms with Gasteiger partial charge in [-0.2, -0.15) is 5.10 Å². The average Bonchev–Trinajstić information content (AvgIpc) is 3.03. The third-order valence-electron chi connectivity index (χ3n) is 3.86. The van der Waals surface area contributed by atoms with E-state index >= 15 is 0 Å². The summed E-state index contributed by atoms with van der Waals surface area (Å²) in [6.45, 7) is 2.41. The van der Waals surface area contributed by atoms with E-state index in [0.29, 0.717) is 11.6 Å². The normalized spacial score (nSPS) is 15.0. The molecule has 0 unspecified atom stereocenters. The second-order valence-corrected chi connectivity index (χ2v) is 5.87. The van der Waals surface area contributed by atoms with Gasteiger partial charge in [0.1, 0.15) is 0 Å². The second-order valence-electron chi connectivity index (χ2n) is 5.46. The van der Waals surface area contributed by atoms with E-state index in [-0.39, 0.29) is 18.3 Å². The van der Waals surface area contributed by atoms with Crippen molar-refractivity contribution in [2.45, 2.75) is 12.8 Å². The van der Waals surface area contributed by atoms with E-state index < -0.39 is 0 Å². The van der Waals surface area contributed by atoms with E-state index in [1.807, 2.05) is 36.4 Å². The van der Waals surface area contributed by atoms with Crippen molar-refractivity contribution in [2.24, 2.45) is 5.10 Å². The number of fused-ring (bicyclic) bond motifs is 1. The van der Waals surface area contributed by atoms with Crippen LogP contribution in [0.15, 0.2) is 41.5 Å². The molecule has 0 spiro atoms. The second kappa shape index (κ2) is 8.29. The molecule has 1 aliphatic heterocycles. The molecule has 0 aliphatic carbocycles. The Bertz CT molecular complexity index is 712. The fourth-order valence-corrected chi connectivity index (χ4v) is 2.98. The first kappa shape index (κ1) is 17.7. The summed E-state index contributed by atoms with van der Waals surface area (Å²) in [5.74, 6) is -0.0728. The molecule has 0 atom stereocenters. The Morgan fingerprint density at radius 1 is 1.17 bits per heavy atom. The first-order valence-corrected chi connectivity index (χ1v) is 7.83. The van der Waals surface area contributed by atoms with Crippen LogP contribution in [0.3, 0.4) is 0 Å². The number of amides is 1. The summed E-state index contributed by atoms with van der Waals surface area (Å²) in [6, 6.07) is 11.6. The van der Waals surface area contributed by atoms with Gasteiger partial charge in [0.05, 0.1) is 12.8 Å². The van der Waals surface area contributed by atoms with Gasteiger partial charge in [-0.05, 0) is 37.4 Å². The first-order chi connectivity index (χ1) is 10.7. The Labute approximate surface area is 146 Å². The molecule has 0 bridgehead atoms. The molecule has 2 aromatic rings. The molecular formula is C17H19Cl2N3O. The van der Waals surface area contributed by atoms with Crippen LogP contribution in [0.1, 0.15) is 18.4 Å². The molecular weight excluding hydrogens is 333 g/mol. The van der Waals surface area contributed by atoms with Crippen LogP contribution in [0.4, 0.5) is 0 Å². The van der Waals surface area contributed by atoms with E-state index in [4.69, 9.17) is 11.6 Å². The smallest absolute Gasteiger partial charge is 0.254 e. The Morgan fingerprint density at radius 3 is 2.61 bits per heavy atom. The minimum Gasteiger partial charge on any atom is -0.294 e. The molecule has 6 heteroatoms. The van der Waals surface area contributed by atoms with Crippen molar-refractivity contribution in [1.82, 2.24) is 10.3 Å². The highest BCUT2D eigenvalue weighted by molar-refractivity contribution is 6.36. The van der Waals surface area contributed by atoms with Crippen molar-refractivity contribution >= 4 is 46.9 Å². The number of hydrogen-bond acceptors (Lipinski definition) is 3. The highest BCUT2D eigenvalue weighted by Crippen LogP contribution is 2.25. The van der Waals surface area contributed by atoms with E-state index in [1.165, 1.54) is 12.8 Å². The number of hydrazone groups is 1. The summed E-state index contributed by atoms with van der Waals surface area (Å²) >= 11 is 6.19. The number of carbonyl (C=O) groups excluding carboxylic acids is 1. The lowest BCUT2D eigenvalue weighted by molar-refractivity contribution is -0.121. The van der Waals surface area contributed by atoms with Crippen LogP contribution in [-0.2, 0) is 4.79 Å². The van der Waals surface area contributed by atoms with Gasteiger partial charge in [-0.3, -0.25) is 9.69 Å². The lowest BCUT2D eigenvalue weighted by Gasteiger charge is -2.12. The zero-order valence-corrected chi connectivity index (χ0v) is 14.2. The van der Waals surface area contributed by atoms with Crippen LogP contribution < -0.4 is 5.43 Å². The molecule has 1 amide bonds. The summed E-state index contributed by atoms with van der Waals surface area (Å²) < 4.78 is 0. The number of likely N-dealkylation sites (tertiary alicyclic amines) is 1. The molecule has 1 fully saturated rings.